The number of benzene rings is 4. The van der Waals surface area contributed by atoms with Crippen LogP contribution in [-0.2, 0) is 25.7 Å². The highest BCUT2D eigenvalue weighted by molar-refractivity contribution is 5.85. The number of fused-ring (bicyclic) bond motifs is 1. The zero-order valence-electron chi connectivity index (χ0n) is 20.8. The summed E-state index contributed by atoms with van der Waals surface area (Å²) in [7, 11) is 0. The first-order chi connectivity index (χ1) is 17.2. The van der Waals surface area contributed by atoms with Gasteiger partial charge in [0.2, 0.25) is 0 Å². The Balaban J connectivity index is 1.40. The second-order valence-corrected chi connectivity index (χ2v) is 9.10. The standard InChI is InChI=1S/C34H33F/c1-3-5-6-8-30-20-24-33-32(25-30)23-22-31(34(33)35)21-19-29-17-15-28(16-18-29)14-13-27-11-9-26(7-4-2)10-12-27/h3,5,9-12,15-18,20,22-25H,4,6-8,13-14H2,1-2H3/b5-3+. The Morgan fingerprint density at radius 3 is 1.97 bits per heavy atom. The minimum Gasteiger partial charge on any atom is -0.205 e. The van der Waals surface area contributed by atoms with Crippen LogP contribution >= 0.6 is 0 Å². The molecule has 4 aromatic carbocycles. The Hall–Kier alpha value is -3.63. The van der Waals surface area contributed by atoms with E-state index in [9.17, 15) is 0 Å². The molecule has 1 heteroatoms. The predicted octanol–water partition coefficient (Wildman–Crippen LogP) is 8.63. The molecular weight excluding hydrogens is 427 g/mol. The van der Waals surface area contributed by atoms with Gasteiger partial charge in [-0.1, -0.05) is 98.0 Å². The third-order valence-electron chi connectivity index (χ3n) is 6.41. The molecule has 0 unspecified atom stereocenters. The van der Waals surface area contributed by atoms with Crippen molar-refractivity contribution >= 4 is 10.8 Å². The van der Waals surface area contributed by atoms with Crippen molar-refractivity contribution in [3.8, 4) is 11.8 Å². The molecule has 0 saturated heterocycles. The summed E-state index contributed by atoms with van der Waals surface area (Å²) in [6.07, 6.45) is 10.5. The van der Waals surface area contributed by atoms with Crippen molar-refractivity contribution in [2.75, 3.05) is 0 Å². The molecule has 0 radical (unpaired) electrons. The number of halogens is 1. The van der Waals surface area contributed by atoms with Crippen LogP contribution in [0.5, 0.6) is 0 Å². The topological polar surface area (TPSA) is 0 Å². The van der Waals surface area contributed by atoms with E-state index >= 15 is 4.39 Å². The van der Waals surface area contributed by atoms with Crippen LogP contribution in [0.4, 0.5) is 4.39 Å². The predicted molar refractivity (Wildman–Crippen MR) is 147 cm³/mol. The Labute approximate surface area is 209 Å². The Morgan fingerprint density at radius 2 is 1.31 bits per heavy atom. The minimum atomic E-state index is -0.239. The van der Waals surface area contributed by atoms with Crippen LogP contribution in [0.25, 0.3) is 10.8 Å². The van der Waals surface area contributed by atoms with E-state index < -0.39 is 0 Å². The van der Waals surface area contributed by atoms with Crippen molar-refractivity contribution in [3.05, 3.63) is 130 Å². The highest BCUT2D eigenvalue weighted by Crippen LogP contribution is 2.23. The molecule has 4 rings (SSSR count). The zero-order valence-corrected chi connectivity index (χ0v) is 20.8. The quantitative estimate of drug-likeness (QED) is 0.182. The summed E-state index contributed by atoms with van der Waals surface area (Å²) >= 11 is 0. The summed E-state index contributed by atoms with van der Waals surface area (Å²) < 4.78 is 15.1. The van der Waals surface area contributed by atoms with Gasteiger partial charge in [-0.2, -0.15) is 0 Å². The number of rotatable bonds is 8. The summed E-state index contributed by atoms with van der Waals surface area (Å²) in [4.78, 5) is 0. The average Bonchev–Trinajstić information content (AvgIpc) is 2.89. The van der Waals surface area contributed by atoms with Gasteiger partial charge in [-0.15, -0.1) is 0 Å². The normalized spacial score (nSPS) is 11.1. The fourth-order valence-electron chi connectivity index (χ4n) is 4.35. The van der Waals surface area contributed by atoms with Gasteiger partial charge >= 0.3 is 0 Å². The van der Waals surface area contributed by atoms with Gasteiger partial charge < -0.3 is 0 Å². The first kappa shape index (κ1) is 24.5. The van der Waals surface area contributed by atoms with Gasteiger partial charge in [0, 0.05) is 10.9 Å². The highest BCUT2D eigenvalue weighted by Gasteiger charge is 2.06. The van der Waals surface area contributed by atoms with Crippen molar-refractivity contribution in [2.24, 2.45) is 0 Å². The van der Waals surface area contributed by atoms with E-state index in [4.69, 9.17) is 0 Å². The maximum Gasteiger partial charge on any atom is 0.146 e. The van der Waals surface area contributed by atoms with Gasteiger partial charge in [0.05, 0.1) is 5.56 Å². The molecule has 0 heterocycles. The minimum absolute atomic E-state index is 0.239. The van der Waals surface area contributed by atoms with Crippen molar-refractivity contribution in [2.45, 2.75) is 52.4 Å². The molecule has 0 aliphatic carbocycles. The molecule has 0 saturated carbocycles. The lowest BCUT2D eigenvalue weighted by Gasteiger charge is -2.05. The van der Waals surface area contributed by atoms with Crippen LogP contribution < -0.4 is 0 Å². The molecule has 0 nitrogen and oxygen atoms in total. The van der Waals surface area contributed by atoms with E-state index in [0.717, 1.165) is 43.1 Å². The van der Waals surface area contributed by atoms with Gasteiger partial charge in [0.15, 0.2) is 0 Å². The monoisotopic (exact) mass is 460 g/mol. The second-order valence-electron chi connectivity index (χ2n) is 9.10. The smallest absolute Gasteiger partial charge is 0.146 e. The van der Waals surface area contributed by atoms with Crippen LogP contribution in [0.1, 0.15) is 60.1 Å². The Bertz CT molecular complexity index is 1350. The number of aryl methyl sites for hydroxylation is 4. The molecule has 35 heavy (non-hydrogen) atoms. The van der Waals surface area contributed by atoms with Gasteiger partial charge in [-0.05, 0) is 84.9 Å². The lowest BCUT2D eigenvalue weighted by atomic mass is 10.0. The summed E-state index contributed by atoms with van der Waals surface area (Å²) in [5.41, 5.74) is 6.63. The molecule has 0 atom stereocenters. The largest absolute Gasteiger partial charge is 0.205 e. The van der Waals surface area contributed by atoms with Gasteiger partial charge in [-0.3, -0.25) is 0 Å². The molecular formula is C34H33F. The molecule has 0 N–H and O–H groups in total. The molecule has 0 amide bonds. The van der Waals surface area contributed by atoms with Crippen LogP contribution in [-0.4, -0.2) is 0 Å². The van der Waals surface area contributed by atoms with Crippen molar-refractivity contribution in [1.29, 1.82) is 0 Å². The lowest BCUT2D eigenvalue weighted by Crippen LogP contribution is -1.92. The maximum absolute atomic E-state index is 15.1. The fourth-order valence-corrected chi connectivity index (χ4v) is 4.35. The van der Waals surface area contributed by atoms with Crippen molar-refractivity contribution in [3.63, 3.8) is 0 Å². The number of hydrogen-bond donors (Lipinski definition) is 0. The molecule has 176 valence electrons. The Morgan fingerprint density at radius 1 is 0.686 bits per heavy atom. The third kappa shape index (κ3) is 6.71. The van der Waals surface area contributed by atoms with Crippen LogP contribution in [0, 0.1) is 17.7 Å². The van der Waals surface area contributed by atoms with E-state index in [1.165, 1.54) is 28.7 Å². The second kappa shape index (κ2) is 12.2. The van der Waals surface area contributed by atoms with Gasteiger partial charge in [-0.25, -0.2) is 4.39 Å². The van der Waals surface area contributed by atoms with Gasteiger partial charge in [0.25, 0.3) is 0 Å². The molecule has 4 aromatic rings. The van der Waals surface area contributed by atoms with E-state index in [2.05, 4.69) is 73.4 Å². The molecule has 0 bridgehead atoms. The zero-order chi connectivity index (χ0) is 24.5. The van der Waals surface area contributed by atoms with E-state index in [1.54, 1.807) is 6.07 Å². The third-order valence-corrected chi connectivity index (χ3v) is 6.41. The molecule has 0 aromatic heterocycles. The molecule has 0 aliphatic heterocycles. The fraction of sp³-hybridized carbons (Fsp3) is 0.235. The lowest BCUT2D eigenvalue weighted by molar-refractivity contribution is 0.636. The summed E-state index contributed by atoms with van der Waals surface area (Å²) in [6, 6.07) is 27.0. The summed E-state index contributed by atoms with van der Waals surface area (Å²) in [5, 5.41) is 1.56. The Kier molecular flexibility index (Phi) is 8.53. The van der Waals surface area contributed by atoms with Crippen LogP contribution in [0.15, 0.2) is 91.0 Å². The molecule has 0 spiro atoms. The molecule has 0 fully saturated rings. The number of hydrogen-bond acceptors (Lipinski definition) is 0. The maximum atomic E-state index is 15.1. The first-order valence-corrected chi connectivity index (χ1v) is 12.7. The van der Waals surface area contributed by atoms with E-state index in [-0.39, 0.29) is 5.82 Å². The van der Waals surface area contributed by atoms with E-state index in [1.807, 2.05) is 37.3 Å². The van der Waals surface area contributed by atoms with Crippen LogP contribution in [0.2, 0.25) is 0 Å². The van der Waals surface area contributed by atoms with Crippen molar-refractivity contribution < 1.29 is 4.39 Å². The first-order valence-electron chi connectivity index (χ1n) is 12.7. The summed E-state index contributed by atoms with van der Waals surface area (Å²) in [5.74, 6) is 5.93. The SMILES string of the molecule is C/C=C/CCc1ccc2c(F)c(C#Cc3ccc(CCc4ccc(CCC)cc4)cc3)ccc2c1. The average molecular weight is 461 g/mol. The summed E-state index contributed by atoms with van der Waals surface area (Å²) in [6.45, 7) is 4.24. The van der Waals surface area contributed by atoms with Crippen LogP contribution in [0.3, 0.4) is 0 Å². The highest BCUT2D eigenvalue weighted by atomic mass is 19.1. The molecule has 0 aliphatic rings. The van der Waals surface area contributed by atoms with E-state index in [0.29, 0.717) is 10.9 Å². The number of allylic oxidation sites excluding steroid dienone is 2. The van der Waals surface area contributed by atoms with Crippen molar-refractivity contribution in [1.82, 2.24) is 0 Å². The van der Waals surface area contributed by atoms with Gasteiger partial charge in [0.1, 0.15) is 5.82 Å².